The molecule has 12 heteroatoms. The molecule has 2 heterocycles. The maximum absolute atomic E-state index is 13.5. The van der Waals surface area contributed by atoms with E-state index < -0.39 is 17.8 Å². The molecule has 1 aliphatic carbocycles. The summed E-state index contributed by atoms with van der Waals surface area (Å²) in [6.07, 6.45) is 6.65. The van der Waals surface area contributed by atoms with Crippen molar-refractivity contribution in [2.45, 2.75) is 63.8 Å². The lowest BCUT2D eigenvalue weighted by molar-refractivity contribution is -0.137. The van der Waals surface area contributed by atoms with Crippen molar-refractivity contribution >= 4 is 17.7 Å². The number of nitrogens with zero attached hydrogens (tertiary/aromatic N) is 5. The highest BCUT2D eigenvalue weighted by Gasteiger charge is 2.30. The molecule has 0 bridgehead atoms. The van der Waals surface area contributed by atoms with E-state index >= 15 is 0 Å². The predicted molar refractivity (Wildman–Crippen MR) is 160 cm³/mol. The van der Waals surface area contributed by atoms with Crippen molar-refractivity contribution in [3.63, 3.8) is 0 Å². The molecule has 2 aromatic carbocycles. The smallest absolute Gasteiger partial charge is 0.358 e. The van der Waals surface area contributed by atoms with Gasteiger partial charge in [-0.2, -0.15) is 28.4 Å². The van der Waals surface area contributed by atoms with Crippen LogP contribution >= 0.6 is 0 Å². The quantitative estimate of drug-likeness (QED) is 0.186. The van der Waals surface area contributed by atoms with Crippen LogP contribution in [0.4, 0.5) is 24.9 Å². The van der Waals surface area contributed by atoms with Crippen molar-refractivity contribution in [2.24, 2.45) is 5.92 Å². The van der Waals surface area contributed by atoms with Gasteiger partial charge in [0.25, 0.3) is 0 Å². The van der Waals surface area contributed by atoms with Crippen LogP contribution in [0, 0.1) is 17.2 Å². The summed E-state index contributed by atoms with van der Waals surface area (Å²) in [6, 6.07) is 15.2. The van der Waals surface area contributed by atoms with Crippen LogP contribution < -0.4 is 16.0 Å². The van der Waals surface area contributed by atoms with Crippen LogP contribution in [-0.2, 0) is 24.1 Å². The topological polar surface area (TPSA) is 121 Å². The molecule has 9 nitrogen and oxygen atoms in total. The Labute approximate surface area is 253 Å². The molecule has 2 aromatic heterocycles. The molecular formula is C32H33F3N8O. The lowest BCUT2D eigenvalue weighted by Gasteiger charge is -2.27. The zero-order valence-electron chi connectivity index (χ0n) is 24.0. The number of amides is 1. The molecule has 3 N–H and O–H groups in total. The van der Waals surface area contributed by atoms with E-state index in [9.17, 15) is 23.2 Å². The monoisotopic (exact) mass is 602 g/mol. The number of carbonyl (C=O) groups excluding carboxylic acids is 1. The molecule has 228 valence electrons. The van der Waals surface area contributed by atoms with E-state index in [1.54, 1.807) is 41.5 Å². The lowest BCUT2D eigenvalue weighted by atomic mass is 9.84. The van der Waals surface area contributed by atoms with Gasteiger partial charge in [0.2, 0.25) is 11.9 Å². The molecule has 0 aliphatic heterocycles. The van der Waals surface area contributed by atoms with Crippen molar-refractivity contribution in [3.8, 4) is 11.9 Å². The van der Waals surface area contributed by atoms with Gasteiger partial charge in [-0.15, -0.1) is 0 Å². The molecule has 1 fully saturated rings. The Morgan fingerprint density at radius 1 is 1.02 bits per heavy atom. The number of halogens is 3. The fraction of sp³-hybridized carbons (Fsp3) is 0.344. The third kappa shape index (κ3) is 8.34. The van der Waals surface area contributed by atoms with Crippen molar-refractivity contribution in [1.82, 2.24) is 24.8 Å². The lowest BCUT2D eigenvalue weighted by Crippen LogP contribution is -2.41. The van der Waals surface area contributed by atoms with Crippen LogP contribution in [0.2, 0.25) is 0 Å². The van der Waals surface area contributed by atoms with Gasteiger partial charge in [-0.25, -0.2) is 4.98 Å². The Morgan fingerprint density at radius 2 is 1.82 bits per heavy atom. The molecule has 5 rings (SSSR count). The van der Waals surface area contributed by atoms with Gasteiger partial charge in [-0.3, -0.25) is 9.36 Å². The van der Waals surface area contributed by atoms with Gasteiger partial charge in [-0.1, -0.05) is 56.4 Å². The van der Waals surface area contributed by atoms with E-state index in [1.165, 1.54) is 18.6 Å². The predicted octanol–water partition coefficient (Wildman–Crippen LogP) is 6.23. The first-order chi connectivity index (χ1) is 21.3. The molecule has 1 saturated carbocycles. The number of nitrogens with one attached hydrogen (secondary N) is 3. The summed E-state index contributed by atoms with van der Waals surface area (Å²) in [4.78, 5) is 26.9. The minimum Gasteiger partial charge on any atom is -0.358 e. The molecule has 0 radical (unpaired) electrons. The molecule has 4 aromatic rings. The number of anilines is 2. The highest BCUT2D eigenvalue weighted by molar-refractivity contribution is 5.84. The van der Waals surface area contributed by atoms with Crippen LogP contribution in [-0.4, -0.2) is 31.5 Å². The number of nitriles is 1. The minimum atomic E-state index is -4.42. The number of rotatable bonds is 11. The molecule has 1 aliphatic rings. The number of imidazole rings is 1. The Kier molecular flexibility index (Phi) is 9.74. The summed E-state index contributed by atoms with van der Waals surface area (Å²) in [7, 11) is 0. The first-order valence-electron chi connectivity index (χ1n) is 14.6. The Bertz CT molecular complexity index is 1580. The Hall–Kier alpha value is -4.92. The van der Waals surface area contributed by atoms with Crippen molar-refractivity contribution in [3.05, 3.63) is 95.6 Å². The number of aromatic nitrogens is 4. The second-order valence-electron chi connectivity index (χ2n) is 10.9. The third-order valence-corrected chi connectivity index (χ3v) is 7.67. The number of carbonyl (C=O) groups is 1. The Balaban J connectivity index is 1.35. The SMILES string of the molecule is N#Cc1cccc(CNc2nc(NC(CC3CCCCC3)C(=O)NCc3ccc(C(F)(F)F)cc3)cc(-n3ccnc3)n2)c1. The van der Waals surface area contributed by atoms with Crippen LogP contribution in [0.3, 0.4) is 0 Å². The van der Waals surface area contributed by atoms with Crippen molar-refractivity contribution < 1.29 is 18.0 Å². The van der Waals surface area contributed by atoms with Crippen molar-refractivity contribution in [1.29, 1.82) is 5.26 Å². The summed E-state index contributed by atoms with van der Waals surface area (Å²) < 4.78 is 40.6. The molecule has 0 spiro atoms. The molecule has 1 atom stereocenters. The highest BCUT2D eigenvalue weighted by atomic mass is 19.4. The van der Waals surface area contributed by atoms with E-state index in [0.717, 1.165) is 43.4 Å². The number of hydrogen-bond acceptors (Lipinski definition) is 7. The first kappa shape index (κ1) is 30.5. The fourth-order valence-electron chi connectivity index (χ4n) is 5.34. The zero-order valence-corrected chi connectivity index (χ0v) is 24.0. The third-order valence-electron chi connectivity index (χ3n) is 7.67. The molecule has 1 amide bonds. The van der Waals surface area contributed by atoms with Gasteiger partial charge < -0.3 is 16.0 Å². The van der Waals surface area contributed by atoms with Crippen LogP contribution in [0.1, 0.15) is 60.8 Å². The summed E-state index contributed by atoms with van der Waals surface area (Å²) in [5.74, 6) is 1.39. The molecule has 44 heavy (non-hydrogen) atoms. The van der Waals surface area contributed by atoms with Gasteiger partial charge in [0, 0.05) is 31.5 Å². The maximum atomic E-state index is 13.5. The van der Waals surface area contributed by atoms with E-state index in [1.807, 2.05) is 12.1 Å². The minimum absolute atomic E-state index is 0.0957. The van der Waals surface area contributed by atoms with Gasteiger partial charge >= 0.3 is 6.18 Å². The summed E-state index contributed by atoms with van der Waals surface area (Å²) >= 11 is 0. The fourth-order valence-corrected chi connectivity index (χ4v) is 5.34. The average Bonchev–Trinajstić information content (AvgIpc) is 3.58. The van der Waals surface area contributed by atoms with E-state index in [2.05, 4.69) is 37.0 Å². The molecular weight excluding hydrogens is 569 g/mol. The summed E-state index contributed by atoms with van der Waals surface area (Å²) in [6.45, 7) is 0.472. The largest absolute Gasteiger partial charge is 0.416 e. The van der Waals surface area contributed by atoms with Gasteiger partial charge in [0.05, 0.1) is 17.2 Å². The normalized spacial score (nSPS) is 14.4. The second kappa shape index (κ2) is 14.0. The second-order valence-corrected chi connectivity index (χ2v) is 10.9. The molecule has 1 unspecified atom stereocenters. The summed E-state index contributed by atoms with van der Waals surface area (Å²) in [5, 5.41) is 18.7. The highest BCUT2D eigenvalue weighted by Crippen LogP contribution is 2.30. The van der Waals surface area contributed by atoms with E-state index in [-0.39, 0.29) is 12.5 Å². The van der Waals surface area contributed by atoms with Crippen molar-refractivity contribution in [2.75, 3.05) is 10.6 Å². The standard InChI is InChI=1S/C32H33F3N8O/c33-32(34,35)26-11-9-23(10-12-26)19-38-30(44)27(16-22-5-2-1-3-6-22)40-28-17-29(43-14-13-37-21-43)42-31(41-28)39-20-25-8-4-7-24(15-25)18-36/h4,7-15,17,21-22,27H,1-3,5-6,16,19-20H2,(H,38,44)(H2,39,40,41,42). The van der Waals surface area contributed by atoms with E-state index in [4.69, 9.17) is 0 Å². The average molecular weight is 603 g/mol. The van der Waals surface area contributed by atoms with Gasteiger partial charge in [0.15, 0.2) is 0 Å². The van der Waals surface area contributed by atoms with Crippen LogP contribution in [0.5, 0.6) is 0 Å². The molecule has 0 saturated heterocycles. The number of hydrogen-bond donors (Lipinski definition) is 3. The van der Waals surface area contributed by atoms with Crippen LogP contribution in [0.25, 0.3) is 5.82 Å². The summed E-state index contributed by atoms with van der Waals surface area (Å²) in [5.41, 5.74) is 1.27. The van der Waals surface area contributed by atoms with Gasteiger partial charge in [-0.05, 0) is 47.7 Å². The number of benzene rings is 2. The Morgan fingerprint density at radius 3 is 2.52 bits per heavy atom. The van der Waals surface area contributed by atoms with E-state index in [0.29, 0.717) is 47.6 Å². The first-order valence-corrected chi connectivity index (χ1v) is 14.6. The van der Waals surface area contributed by atoms with Gasteiger partial charge in [0.1, 0.15) is 24.0 Å². The number of alkyl halides is 3. The zero-order chi connectivity index (χ0) is 30.9. The van der Waals surface area contributed by atoms with Crippen LogP contribution in [0.15, 0.2) is 73.3 Å². The maximum Gasteiger partial charge on any atom is 0.416 e.